The molecule has 0 spiro atoms. The average molecular weight is 441 g/mol. The van der Waals surface area contributed by atoms with E-state index in [-0.39, 0.29) is 18.0 Å². The highest BCUT2D eigenvalue weighted by Gasteiger charge is 2.34. The van der Waals surface area contributed by atoms with Crippen LogP contribution in [0.3, 0.4) is 0 Å². The third-order valence-electron chi connectivity index (χ3n) is 6.05. The number of nitrogens with zero attached hydrogens (tertiary/aromatic N) is 3. The van der Waals surface area contributed by atoms with Crippen LogP contribution in [0.15, 0.2) is 54.6 Å². The van der Waals surface area contributed by atoms with Crippen LogP contribution in [0.5, 0.6) is 0 Å². The number of rotatable bonds is 4. The first kappa shape index (κ1) is 21.7. The third-order valence-corrected chi connectivity index (χ3v) is 6.28. The number of benzene rings is 2. The largest absolute Gasteiger partial charge is 0.339 e. The lowest BCUT2D eigenvalue weighted by Crippen LogP contribution is -2.47. The molecule has 2 aliphatic heterocycles. The van der Waals surface area contributed by atoms with Crippen LogP contribution >= 0.6 is 11.6 Å². The van der Waals surface area contributed by atoms with Gasteiger partial charge in [-0.1, -0.05) is 48.0 Å². The number of anilines is 1. The van der Waals surface area contributed by atoms with Gasteiger partial charge in [0.25, 0.3) is 0 Å². The van der Waals surface area contributed by atoms with Crippen LogP contribution in [0.1, 0.15) is 24.8 Å². The van der Waals surface area contributed by atoms with Gasteiger partial charge in [0, 0.05) is 43.4 Å². The quantitative estimate of drug-likeness (QED) is 0.779. The average Bonchev–Trinajstić information content (AvgIpc) is 3.08. The highest BCUT2D eigenvalue weighted by Crippen LogP contribution is 2.23. The summed E-state index contributed by atoms with van der Waals surface area (Å²) in [5.41, 5.74) is 1.92. The first-order valence-electron chi connectivity index (χ1n) is 11.0. The number of likely N-dealkylation sites (tertiary alicyclic amines) is 1. The molecule has 1 N–H and O–H groups in total. The molecule has 0 aliphatic carbocycles. The second-order valence-electron chi connectivity index (χ2n) is 8.22. The summed E-state index contributed by atoms with van der Waals surface area (Å²) < 4.78 is 0. The Morgan fingerprint density at radius 1 is 0.903 bits per heavy atom. The fourth-order valence-corrected chi connectivity index (χ4v) is 4.62. The second-order valence-corrected chi connectivity index (χ2v) is 8.66. The van der Waals surface area contributed by atoms with E-state index in [4.69, 9.17) is 11.6 Å². The standard InChI is InChI=1S/C24H29ClN4O2/c25-20-9-4-10-21(17-20)26-24(31)28-14-6-13-27(15-16-28)23(30)22-11-5-12-29(22)18-19-7-2-1-3-8-19/h1-4,7-10,17,22H,5-6,11-16,18H2,(H,26,31). The van der Waals surface area contributed by atoms with Crippen molar-refractivity contribution in [2.45, 2.75) is 31.8 Å². The molecular formula is C24H29ClN4O2. The monoisotopic (exact) mass is 440 g/mol. The van der Waals surface area contributed by atoms with Crippen LogP contribution < -0.4 is 5.32 Å². The van der Waals surface area contributed by atoms with Gasteiger partial charge in [-0.3, -0.25) is 9.69 Å². The molecule has 1 atom stereocenters. The maximum Gasteiger partial charge on any atom is 0.321 e. The van der Waals surface area contributed by atoms with Gasteiger partial charge >= 0.3 is 6.03 Å². The fraction of sp³-hybridized carbons (Fsp3) is 0.417. The van der Waals surface area contributed by atoms with Crippen molar-refractivity contribution in [1.82, 2.24) is 14.7 Å². The van der Waals surface area contributed by atoms with Crippen molar-refractivity contribution < 1.29 is 9.59 Å². The molecule has 2 fully saturated rings. The predicted molar refractivity (Wildman–Crippen MR) is 123 cm³/mol. The summed E-state index contributed by atoms with van der Waals surface area (Å²) in [5, 5.41) is 3.49. The molecule has 3 amide bonds. The van der Waals surface area contributed by atoms with Gasteiger partial charge in [-0.15, -0.1) is 0 Å². The summed E-state index contributed by atoms with van der Waals surface area (Å²) in [7, 11) is 0. The van der Waals surface area contributed by atoms with Gasteiger partial charge in [-0.05, 0) is 49.6 Å². The maximum absolute atomic E-state index is 13.3. The van der Waals surface area contributed by atoms with Crippen molar-refractivity contribution in [2.75, 3.05) is 38.0 Å². The topological polar surface area (TPSA) is 55.9 Å². The normalized spacial score (nSPS) is 19.8. The molecule has 31 heavy (non-hydrogen) atoms. The van der Waals surface area contributed by atoms with E-state index in [1.807, 2.05) is 35.2 Å². The number of nitrogens with one attached hydrogen (secondary N) is 1. The lowest BCUT2D eigenvalue weighted by molar-refractivity contribution is -0.136. The van der Waals surface area contributed by atoms with Crippen LogP contribution in [0.25, 0.3) is 0 Å². The Balaban J connectivity index is 1.33. The van der Waals surface area contributed by atoms with Crippen LogP contribution in [0.4, 0.5) is 10.5 Å². The molecule has 2 heterocycles. The molecule has 4 rings (SSSR count). The van der Waals surface area contributed by atoms with Crippen molar-refractivity contribution in [3.8, 4) is 0 Å². The summed E-state index contributed by atoms with van der Waals surface area (Å²) in [5.74, 6) is 0.200. The van der Waals surface area contributed by atoms with Gasteiger partial charge in [-0.25, -0.2) is 4.79 Å². The van der Waals surface area contributed by atoms with Crippen molar-refractivity contribution >= 4 is 29.2 Å². The van der Waals surface area contributed by atoms with E-state index in [0.717, 1.165) is 32.4 Å². The minimum Gasteiger partial charge on any atom is -0.339 e. The number of halogens is 1. The molecule has 0 aromatic heterocycles. The molecular weight excluding hydrogens is 412 g/mol. The first-order valence-corrected chi connectivity index (χ1v) is 11.4. The molecule has 2 aromatic rings. The predicted octanol–water partition coefficient (Wildman–Crippen LogP) is 4.07. The smallest absolute Gasteiger partial charge is 0.321 e. The van der Waals surface area contributed by atoms with Crippen LogP contribution in [-0.2, 0) is 11.3 Å². The molecule has 0 radical (unpaired) electrons. The van der Waals surface area contributed by atoms with Crippen LogP contribution in [0, 0.1) is 0 Å². The molecule has 7 heteroatoms. The summed E-state index contributed by atoms with van der Waals surface area (Å²) >= 11 is 6.01. The van der Waals surface area contributed by atoms with E-state index in [9.17, 15) is 9.59 Å². The molecule has 2 saturated heterocycles. The molecule has 0 saturated carbocycles. The molecule has 2 aromatic carbocycles. The van der Waals surface area contributed by atoms with Crippen molar-refractivity contribution in [2.24, 2.45) is 0 Å². The lowest BCUT2D eigenvalue weighted by Gasteiger charge is -2.29. The van der Waals surface area contributed by atoms with Crippen LogP contribution in [-0.4, -0.2) is 65.4 Å². The maximum atomic E-state index is 13.3. The highest BCUT2D eigenvalue weighted by atomic mass is 35.5. The van der Waals surface area contributed by atoms with E-state index in [1.165, 1.54) is 5.56 Å². The Hall–Kier alpha value is -2.57. The molecule has 0 bridgehead atoms. The van der Waals surface area contributed by atoms with Gasteiger partial charge < -0.3 is 15.1 Å². The Labute approximate surface area is 188 Å². The molecule has 6 nitrogen and oxygen atoms in total. The zero-order valence-electron chi connectivity index (χ0n) is 17.7. The summed E-state index contributed by atoms with van der Waals surface area (Å²) in [6.07, 6.45) is 2.73. The number of carbonyl (C=O) groups is 2. The van der Waals surface area contributed by atoms with E-state index in [1.54, 1.807) is 17.0 Å². The molecule has 2 aliphatic rings. The SMILES string of the molecule is O=C(Nc1cccc(Cl)c1)N1CCCN(C(=O)C2CCCN2Cc2ccccc2)CC1. The van der Waals surface area contributed by atoms with Crippen molar-refractivity contribution in [1.29, 1.82) is 0 Å². The number of hydrogen-bond donors (Lipinski definition) is 1. The van der Waals surface area contributed by atoms with Gasteiger partial charge in [0.05, 0.1) is 6.04 Å². The Morgan fingerprint density at radius 3 is 2.48 bits per heavy atom. The number of amides is 3. The van der Waals surface area contributed by atoms with Crippen molar-refractivity contribution in [3.05, 3.63) is 65.2 Å². The summed E-state index contributed by atoms with van der Waals surface area (Å²) in [4.78, 5) is 32.0. The summed E-state index contributed by atoms with van der Waals surface area (Å²) in [6, 6.07) is 17.2. The second kappa shape index (κ2) is 10.2. The molecule has 164 valence electrons. The Bertz CT molecular complexity index is 907. The number of hydrogen-bond acceptors (Lipinski definition) is 3. The van der Waals surface area contributed by atoms with Gasteiger partial charge in [0.1, 0.15) is 0 Å². The highest BCUT2D eigenvalue weighted by molar-refractivity contribution is 6.30. The summed E-state index contributed by atoms with van der Waals surface area (Å²) in [6.45, 7) is 4.18. The molecule has 1 unspecified atom stereocenters. The Kier molecular flexibility index (Phi) is 7.10. The third kappa shape index (κ3) is 5.57. The fourth-order valence-electron chi connectivity index (χ4n) is 4.43. The Morgan fingerprint density at radius 2 is 1.68 bits per heavy atom. The van der Waals surface area contributed by atoms with Gasteiger partial charge in [0.2, 0.25) is 5.91 Å². The number of carbonyl (C=O) groups excluding carboxylic acids is 2. The van der Waals surface area contributed by atoms with E-state index in [0.29, 0.717) is 36.9 Å². The first-order chi connectivity index (χ1) is 15.1. The van der Waals surface area contributed by atoms with E-state index < -0.39 is 0 Å². The zero-order valence-corrected chi connectivity index (χ0v) is 18.4. The van der Waals surface area contributed by atoms with Crippen LogP contribution in [0.2, 0.25) is 5.02 Å². The van der Waals surface area contributed by atoms with E-state index >= 15 is 0 Å². The van der Waals surface area contributed by atoms with E-state index in [2.05, 4.69) is 22.3 Å². The zero-order chi connectivity index (χ0) is 21.6. The minimum atomic E-state index is -0.150. The van der Waals surface area contributed by atoms with Gasteiger partial charge in [-0.2, -0.15) is 0 Å². The minimum absolute atomic E-state index is 0.0629. The van der Waals surface area contributed by atoms with Crippen molar-refractivity contribution in [3.63, 3.8) is 0 Å². The van der Waals surface area contributed by atoms with Gasteiger partial charge in [0.15, 0.2) is 0 Å². The lowest BCUT2D eigenvalue weighted by atomic mass is 10.1. The number of urea groups is 1.